The van der Waals surface area contributed by atoms with E-state index in [-0.39, 0.29) is 28.1 Å². The third-order valence-corrected chi connectivity index (χ3v) is 6.37. The van der Waals surface area contributed by atoms with Gasteiger partial charge in [0.1, 0.15) is 0 Å². The number of anilines is 1. The predicted molar refractivity (Wildman–Crippen MR) is 95.9 cm³/mol. The summed E-state index contributed by atoms with van der Waals surface area (Å²) in [5, 5.41) is 3.03. The van der Waals surface area contributed by atoms with Crippen LogP contribution >= 0.6 is 11.6 Å². The lowest BCUT2D eigenvalue weighted by atomic mass is 10.3. The number of rotatable bonds is 5. The van der Waals surface area contributed by atoms with Crippen molar-refractivity contribution in [2.45, 2.75) is 12.8 Å². The first kappa shape index (κ1) is 18.3. The van der Waals surface area contributed by atoms with Crippen molar-refractivity contribution in [1.82, 2.24) is 20.2 Å². The predicted octanol–water partition coefficient (Wildman–Crippen LogP) is 0.190. The molecule has 3 rings (SSSR count). The van der Waals surface area contributed by atoms with Gasteiger partial charge in [-0.25, -0.2) is 18.4 Å². The molecule has 1 aromatic rings. The summed E-state index contributed by atoms with van der Waals surface area (Å²) < 4.78 is 22.8. The van der Waals surface area contributed by atoms with Crippen LogP contribution in [0.1, 0.15) is 23.3 Å². The molecule has 0 aliphatic carbocycles. The highest BCUT2D eigenvalue weighted by Gasteiger charge is 2.22. The van der Waals surface area contributed by atoms with Crippen LogP contribution in [0.2, 0.25) is 5.02 Å². The lowest BCUT2D eigenvalue weighted by molar-refractivity contribution is 0.0944. The fraction of sp³-hybridized carbons (Fsp3) is 0.667. The molecular formula is C15H22ClN5O3S. The van der Waals surface area contributed by atoms with Crippen LogP contribution in [0.15, 0.2) is 6.20 Å². The Kier molecular flexibility index (Phi) is 5.75. The van der Waals surface area contributed by atoms with Gasteiger partial charge in [0, 0.05) is 39.3 Å². The number of hydrogen-bond acceptors (Lipinski definition) is 7. The molecule has 2 saturated heterocycles. The fourth-order valence-corrected chi connectivity index (χ4v) is 4.43. The molecule has 0 atom stereocenters. The molecule has 0 radical (unpaired) electrons. The van der Waals surface area contributed by atoms with Crippen LogP contribution in [-0.2, 0) is 9.84 Å². The lowest BCUT2D eigenvalue weighted by Gasteiger charge is -2.26. The molecule has 25 heavy (non-hydrogen) atoms. The molecule has 0 spiro atoms. The van der Waals surface area contributed by atoms with Crippen molar-refractivity contribution in [3.8, 4) is 0 Å². The molecule has 138 valence electrons. The highest BCUT2D eigenvalue weighted by Crippen LogP contribution is 2.19. The summed E-state index contributed by atoms with van der Waals surface area (Å²) in [6.07, 6.45) is 3.66. The first-order valence-electron chi connectivity index (χ1n) is 8.43. The summed E-state index contributed by atoms with van der Waals surface area (Å²) in [7, 11) is -2.89. The van der Waals surface area contributed by atoms with E-state index in [0.29, 0.717) is 32.1 Å². The summed E-state index contributed by atoms with van der Waals surface area (Å²) in [5.41, 5.74) is 0.180. The average Bonchev–Trinajstić information content (AvgIpc) is 3.11. The van der Waals surface area contributed by atoms with Crippen molar-refractivity contribution in [1.29, 1.82) is 0 Å². The fourth-order valence-electron chi connectivity index (χ4n) is 2.97. The Morgan fingerprint density at radius 2 is 1.88 bits per heavy atom. The second kappa shape index (κ2) is 7.84. The highest BCUT2D eigenvalue weighted by molar-refractivity contribution is 7.91. The molecule has 10 heteroatoms. The summed E-state index contributed by atoms with van der Waals surface area (Å²) >= 11 is 6.08. The van der Waals surface area contributed by atoms with Crippen molar-refractivity contribution >= 4 is 33.3 Å². The zero-order valence-corrected chi connectivity index (χ0v) is 15.5. The molecule has 8 nitrogen and oxygen atoms in total. The van der Waals surface area contributed by atoms with E-state index in [4.69, 9.17) is 11.6 Å². The molecule has 0 aromatic carbocycles. The molecule has 1 aromatic heterocycles. The van der Waals surface area contributed by atoms with E-state index >= 15 is 0 Å². The zero-order valence-electron chi connectivity index (χ0n) is 13.9. The Balaban J connectivity index is 1.53. The number of sulfone groups is 1. The van der Waals surface area contributed by atoms with Gasteiger partial charge in [-0.2, -0.15) is 0 Å². The average molecular weight is 388 g/mol. The van der Waals surface area contributed by atoms with E-state index in [1.54, 1.807) is 0 Å². The van der Waals surface area contributed by atoms with E-state index in [9.17, 15) is 13.2 Å². The smallest absolute Gasteiger partial charge is 0.271 e. The minimum Gasteiger partial charge on any atom is -0.349 e. The number of nitrogens with one attached hydrogen (secondary N) is 1. The number of aromatic nitrogens is 2. The lowest BCUT2D eigenvalue weighted by Crippen LogP contribution is -2.44. The summed E-state index contributed by atoms with van der Waals surface area (Å²) in [5.74, 6) is 0.557. The molecule has 2 aliphatic rings. The molecule has 0 unspecified atom stereocenters. The van der Waals surface area contributed by atoms with Gasteiger partial charge in [0.25, 0.3) is 5.91 Å². The quantitative estimate of drug-likeness (QED) is 0.770. The molecule has 2 fully saturated rings. The molecule has 0 bridgehead atoms. The first-order valence-corrected chi connectivity index (χ1v) is 10.6. The van der Waals surface area contributed by atoms with Crippen molar-refractivity contribution in [2.75, 3.05) is 55.7 Å². The number of halogens is 1. The Morgan fingerprint density at radius 3 is 2.56 bits per heavy atom. The van der Waals surface area contributed by atoms with Crippen molar-refractivity contribution in [3.63, 3.8) is 0 Å². The Hall–Kier alpha value is -1.45. The van der Waals surface area contributed by atoms with Gasteiger partial charge in [-0.3, -0.25) is 9.69 Å². The molecular weight excluding hydrogens is 366 g/mol. The summed E-state index contributed by atoms with van der Waals surface area (Å²) in [4.78, 5) is 25.0. The van der Waals surface area contributed by atoms with Crippen LogP contribution in [0, 0.1) is 0 Å². The van der Waals surface area contributed by atoms with E-state index in [1.165, 1.54) is 6.20 Å². The normalized spacial score (nSPS) is 20.6. The van der Waals surface area contributed by atoms with Crippen molar-refractivity contribution < 1.29 is 13.2 Å². The van der Waals surface area contributed by atoms with Crippen LogP contribution in [-0.4, -0.2) is 80.0 Å². The first-order chi connectivity index (χ1) is 11.9. The van der Waals surface area contributed by atoms with E-state index in [1.807, 2.05) is 9.80 Å². The highest BCUT2D eigenvalue weighted by atomic mass is 35.5. The van der Waals surface area contributed by atoms with Crippen LogP contribution < -0.4 is 10.2 Å². The number of carbonyl (C=O) groups is 1. The van der Waals surface area contributed by atoms with Gasteiger partial charge in [-0.1, -0.05) is 11.6 Å². The van der Waals surface area contributed by atoms with Gasteiger partial charge in [0.05, 0.1) is 22.7 Å². The SMILES string of the molecule is O=C(NCCN1CCS(=O)(=O)CC1)c1nc(N2CCCC2)ncc1Cl. The van der Waals surface area contributed by atoms with Crippen LogP contribution in [0.25, 0.3) is 0 Å². The Labute approximate surface area is 152 Å². The molecule has 3 heterocycles. The maximum absolute atomic E-state index is 12.4. The standard InChI is InChI=1S/C15H22ClN5O3S/c16-12-11-18-15(21-4-1-2-5-21)19-13(12)14(22)17-3-6-20-7-9-25(23,24)10-8-20/h11H,1-10H2,(H,17,22). The third-order valence-electron chi connectivity index (χ3n) is 4.49. The van der Waals surface area contributed by atoms with Gasteiger partial charge in [-0.15, -0.1) is 0 Å². The minimum absolute atomic E-state index is 0.178. The minimum atomic E-state index is -2.89. The maximum atomic E-state index is 12.4. The monoisotopic (exact) mass is 387 g/mol. The van der Waals surface area contributed by atoms with Gasteiger partial charge in [0.2, 0.25) is 5.95 Å². The zero-order chi connectivity index (χ0) is 17.9. The maximum Gasteiger partial charge on any atom is 0.271 e. The number of hydrogen-bond donors (Lipinski definition) is 1. The van der Waals surface area contributed by atoms with Gasteiger partial charge in [0.15, 0.2) is 15.5 Å². The van der Waals surface area contributed by atoms with Gasteiger partial charge >= 0.3 is 0 Å². The van der Waals surface area contributed by atoms with E-state index in [2.05, 4.69) is 15.3 Å². The molecule has 2 aliphatic heterocycles. The summed E-state index contributed by atoms with van der Waals surface area (Å²) in [6, 6.07) is 0. The summed E-state index contributed by atoms with van der Waals surface area (Å²) in [6.45, 7) is 3.81. The van der Waals surface area contributed by atoms with Crippen LogP contribution in [0.3, 0.4) is 0 Å². The largest absolute Gasteiger partial charge is 0.349 e. The van der Waals surface area contributed by atoms with Gasteiger partial charge in [-0.05, 0) is 12.8 Å². The number of carbonyl (C=O) groups excluding carboxylic acids is 1. The molecule has 1 N–H and O–H groups in total. The second-order valence-electron chi connectivity index (χ2n) is 6.31. The van der Waals surface area contributed by atoms with E-state index in [0.717, 1.165) is 25.9 Å². The van der Waals surface area contributed by atoms with Crippen LogP contribution in [0.4, 0.5) is 5.95 Å². The Bertz CT molecular complexity index is 723. The number of amides is 1. The Morgan fingerprint density at radius 1 is 1.20 bits per heavy atom. The molecule has 0 saturated carbocycles. The number of nitrogens with zero attached hydrogens (tertiary/aromatic N) is 4. The molecule has 1 amide bonds. The van der Waals surface area contributed by atoms with Crippen LogP contribution in [0.5, 0.6) is 0 Å². The third kappa shape index (κ3) is 4.80. The second-order valence-corrected chi connectivity index (χ2v) is 9.02. The van der Waals surface area contributed by atoms with Gasteiger partial charge < -0.3 is 10.2 Å². The van der Waals surface area contributed by atoms with Crippen molar-refractivity contribution in [2.24, 2.45) is 0 Å². The topological polar surface area (TPSA) is 95.5 Å². The van der Waals surface area contributed by atoms with Crippen molar-refractivity contribution in [3.05, 3.63) is 16.9 Å². The van der Waals surface area contributed by atoms with E-state index < -0.39 is 9.84 Å².